The standard InChI is InChI=1S/C20H23BrN2O2/c1-2-3-4-15-5-11-18(12-6-15)23-19(24)13-14-22-20(25)16-7-9-17(21)10-8-16/h5-12H,2-4,13-14H2,1H3,(H,22,25)(H,23,24). The highest BCUT2D eigenvalue weighted by molar-refractivity contribution is 9.10. The van der Waals surface area contributed by atoms with E-state index in [0.29, 0.717) is 12.1 Å². The van der Waals surface area contributed by atoms with Crippen LogP contribution in [0.1, 0.15) is 42.1 Å². The van der Waals surface area contributed by atoms with Crippen molar-refractivity contribution in [1.29, 1.82) is 0 Å². The van der Waals surface area contributed by atoms with E-state index in [1.165, 1.54) is 18.4 Å². The molecule has 0 atom stereocenters. The van der Waals surface area contributed by atoms with Gasteiger partial charge < -0.3 is 10.6 Å². The number of carbonyl (C=O) groups excluding carboxylic acids is 2. The molecule has 2 aromatic rings. The van der Waals surface area contributed by atoms with E-state index in [4.69, 9.17) is 0 Å². The van der Waals surface area contributed by atoms with Crippen molar-refractivity contribution >= 4 is 33.4 Å². The van der Waals surface area contributed by atoms with E-state index in [1.54, 1.807) is 12.1 Å². The first-order valence-corrected chi connectivity index (χ1v) is 9.30. The van der Waals surface area contributed by atoms with E-state index < -0.39 is 0 Å². The predicted molar refractivity (Wildman–Crippen MR) is 105 cm³/mol. The first-order valence-electron chi connectivity index (χ1n) is 8.51. The van der Waals surface area contributed by atoms with Crippen LogP contribution < -0.4 is 10.6 Å². The lowest BCUT2D eigenvalue weighted by Crippen LogP contribution is -2.27. The summed E-state index contributed by atoms with van der Waals surface area (Å²) in [4.78, 5) is 23.9. The van der Waals surface area contributed by atoms with Gasteiger partial charge in [-0.2, -0.15) is 0 Å². The van der Waals surface area contributed by atoms with Crippen molar-refractivity contribution in [3.05, 3.63) is 64.1 Å². The molecule has 2 amide bonds. The van der Waals surface area contributed by atoms with E-state index in [2.05, 4.69) is 33.5 Å². The van der Waals surface area contributed by atoms with Crippen molar-refractivity contribution in [1.82, 2.24) is 5.32 Å². The number of aryl methyl sites for hydroxylation is 1. The summed E-state index contributed by atoms with van der Waals surface area (Å²) in [5.41, 5.74) is 2.64. The third-order valence-electron chi connectivity index (χ3n) is 3.80. The van der Waals surface area contributed by atoms with E-state index in [9.17, 15) is 9.59 Å². The predicted octanol–water partition coefficient (Wildman–Crippen LogP) is 4.55. The van der Waals surface area contributed by atoms with E-state index in [-0.39, 0.29) is 18.2 Å². The summed E-state index contributed by atoms with van der Waals surface area (Å²) >= 11 is 3.33. The maximum absolute atomic E-state index is 12.0. The van der Waals surface area contributed by atoms with Crippen LogP contribution in [0.25, 0.3) is 0 Å². The molecule has 2 rings (SSSR count). The molecule has 0 aromatic heterocycles. The molecule has 0 fully saturated rings. The average Bonchev–Trinajstić information content (AvgIpc) is 2.61. The minimum absolute atomic E-state index is 0.114. The van der Waals surface area contributed by atoms with Crippen molar-refractivity contribution in [2.24, 2.45) is 0 Å². The summed E-state index contributed by atoms with van der Waals surface area (Å²) in [6.07, 6.45) is 3.64. The minimum atomic E-state index is -0.180. The molecule has 0 aliphatic heterocycles. The molecule has 132 valence electrons. The quantitative estimate of drug-likeness (QED) is 0.680. The number of amides is 2. The molecule has 0 spiro atoms. The molecule has 0 bridgehead atoms. The second kappa shape index (κ2) is 9.99. The van der Waals surface area contributed by atoms with Gasteiger partial charge >= 0.3 is 0 Å². The lowest BCUT2D eigenvalue weighted by Gasteiger charge is -2.08. The van der Waals surface area contributed by atoms with Crippen molar-refractivity contribution in [2.75, 3.05) is 11.9 Å². The number of nitrogens with one attached hydrogen (secondary N) is 2. The van der Waals surface area contributed by atoms with Crippen LogP contribution in [0.5, 0.6) is 0 Å². The monoisotopic (exact) mass is 402 g/mol. The Bertz CT molecular complexity index is 697. The number of unbranched alkanes of at least 4 members (excludes halogenated alkanes) is 1. The largest absolute Gasteiger partial charge is 0.352 e. The zero-order valence-electron chi connectivity index (χ0n) is 14.3. The van der Waals surface area contributed by atoms with Gasteiger partial charge in [0.15, 0.2) is 0 Å². The molecule has 2 N–H and O–H groups in total. The van der Waals surface area contributed by atoms with Crippen LogP contribution in [-0.4, -0.2) is 18.4 Å². The molecular formula is C20H23BrN2O2. The Hall–Kier alpha value is -2.14. The highest BCUT2D eigenvalue weighted by Gasteiger charge is 2.07. The lowest BCUT2D eigenvalue weighted by molar-refractivity contribution is -0.116. The molecule has 0 saturated heterocycles. The number of hydrogen-bond acceptors (Lipinski definition) is 2. The van der Waals surface area contributed by atoms with Crippen LogP contribution >= 0.6 is 15.9 Å². The molecule has 0 saturated carbocycles. The van der Waals surface area contributed by atoms with Gasteiger partial charge in [-0.3, -0.25) is 9.59 Å². The minimum Gasteiger partial charge on any atom is -0.352 e. The molecular weight excluding hydrogens is 380 g/mol. The van der Waals surface area contributed by atoms with E-state index >= 15 is 0 Å². The van der Waals surface area contributed by atoms with Gasteiger partial charge in [0.2, 0.25) is 5.91 Å². The van der Waals surface area contributed by atoms with Gasteiger partial charge in [0, 0.05) is 28.7 Å². The topological polar surface area (TPSA) is 58.2 Å². The molecule has 0 unspecified atom stereocenters. The molecule has 25 heavy (non-hydrogen) atoms. The van der Waals surface area contributed by atoms with Crippen LogP contribution in [-0.2, 0) is 11.2 Å². The smallest absolute Gasteiger partial charge is 0.251 e. The molecule has 0 heterocycles. The van der Waals surface area contributed by atoms with Crippen molar-refractivity contribution < 1.29 is 9.59 Å². The highest BCUT2D eigenvalue weighted by Crippen LogP contribution is 2.12. The Labute approximate surface area is 157 Å². The number of benzene rings is 2. The molecule has 2 aromatic carbocycles. The molecule has 0 radical (unpaired) electrons. The van der Waals surface area contributed by atoms with Crippen LogP contribution in [0.2, 0.25) is 0 Å². The Balaban J connectivity index is 1.73. The third kappa shape index (κ3) is 6.70. The van der Waals surface area contributed by atoms with Crippen LogP contribution in [0, 0.1) is 0 Å². The number of carbonyl (C=O) groups is 2. The van der Waals surface area contributed by atoms with Crippen molar-refractivity contribution in [3.8, 4) is 0 Å². The summed E-state index contributed by atoms with van der Waals surface area (Å²) in [6.45, 7) is 2.47. The maximum atomic E-state index is 12.0. The second-order valence-corrected chi connectivity index (χ2v) is 6.78. The first-order chi connectivity index (χ1) is 12.1. The second-order valence-electron chi connectivity index (χ2n) is 5.86. The lowest BCUT2D eigenvalue weighted by atomic mass is 10.1. The first kappa shape index (κ1) is 19.2. The zero-order chi connectivity index (χ0) is 18.1. The maximum Gasteiger partial charge on any atom is 0.251 e. The van der Waals surface area contributed by atoms with Crippen molar-refractivity contribution in [2.45, 2.75) is 32.6 Å². The van der Waals surface area contributed by atoms with E-state index in [0.717, 1.165) is 16.6 Å². The average molecular weight is 403 g/mol. The van der Waals surface area contributed by atoms with Gasteiger partial charge in [-0.15, -0.1) is 0 Å². The van der Waals surface area contributed by atoms with Gasteiger partial charge in [-0.05, 0) is 54.8 Å². The van der Waals surface area contributed by atoms with Crippen LogP contribution in [0.4, 0.5) is 5.69 Å². The Morgan fingerprint density at radius 3 is 2.32 bits per heavy atom. The normalized spacial score (nSPS) is 10.3. The van der Waals surface area contributed by atoms with Gasteiger partial charge in [-0.1, -0.05) is 41.4 Å². The van der Waals surface area contributed by atoms with Crippen LogP contribution in [0.15, 0.2) is 53.0 Å². The number of anilines is 1. The van der Waals surface area contributed by atoms with Gasteiger partial charge in [0.05, 0.1) is 0 Å². The summed E-state index contributed by atoms with van der Waals surface area (Å²) in [7, 11) is 0. The Morgan fingerprint density at radius 2 is 1.68 bits per heavy atom. The summed E-state index contributed by atoms with van der Waals surface area (Å²) < 4.78 is 0.921. The third-order valence-corrected chi connectivity index (χ3v) is 4.33. The fraction of sp³-hybridized carbons (Fsp3) is 0.300. The van der Waals surface area contributed by atoms with Gasteiger partial charge in [-0.25, -0.2) is 0 Å². The SMILES string of the molecule is CCCCc1ccc(NC(=O)CCNC(=O)c2ccc(Br)cc2)cc1. The number of halogens is 1. The fourth-order valence-corrected chi connectivity index (χ4v) is 2.62. The molecule has 0 aliphatic carbocycles. The Kier molecular flexibility index (Phi) is 7.67. The van der Waals surface area contributed by atoms with Crippen LogP contribution in [0.3, 0.4) is 0 Å². The van der Waals surface area contributed by atoms with Gasteiger partial charge in [0.25, 0.3) is 5.91 Å². The fourth-order valence-electron chi connectivity index (χ4n) is 2.35. The van der Waals surface area contributed by atoms with Crippen molar-refractivity contribution in [3.63, 3.8) is 0 Å². The molecule has 5 heteroatoms. The number of rotatable bonds is 8. The summed E-state index contributed by atoms with van der Waals surface area (Å²) in [5.74, 6) is -0.294. The molecule has 4 nitrogen and oxygen atoms in total. The zero-order valence-corrected chi connectivity index (χ0v) is 15.9. The summed E-state index contributed by atoms with van der Waals surface area (Å²) in [6, 6.07) is 15.0. The van der Waals surface area contributed by atoms with E-state index in [1.807, 2.05) is 36.4 Å². The Morgan fingerprint density at radius 1 is 1.00 bits per heavy atom. The highest BCUT2D eigenvalue weighted by atomic mass is 79.9. The number of hydrogen-bond donors (Lipinski definition) is 2. The molecule has 0 aliphatic rings. The summed E-state index contributed by atoms with van der Waals surface area (Å²) in [5, 5.41) is 5.60. The van der Waals surface area contributed by atoms with Gasteiger partial charge in [0.1, 0.15) is 0 Å².